The molecule has 0 saturated carbocycles. The molecule has 0 aliphatic heterocycles. The molecular formula is C19H16BrNO4. The number of carbonyl (C=O) groups excluding carboxylic acids is 1. The lowest BCUT2D eigenvalue weighted by molar-refractivity contribution is -0.118. The van der Waals surface area contributed by atoms with Gasteiger partial charge in [-0.3, -0.25) is 4.79 Å². The van der Waals surface area contributed by atoms with Gasteiger partial charge in [0.2, 0.25) is 0 Å². The summed E-state index contributed by atoms with van der Waals surface area (Å²) in [7, 11) is 0. The van der Waals surface area contributed by atoms with Crippen LogP contribution < -0.4 is 15.7 Å². The van der Waals surface area contributed by atoms with E-state index < -0.39 is 5.63 Å². The molecule has 1 amide bonds. The van der Waals surface area contributed by atoms with Gasteiger partial charge in [0, 0.05) is 27.7 Å². The number of fused-ring (bicyclic) bond motifs is 1. The van der Waals surface area contributed by atoms with Crippen LogP contribution >= 0.6 is 15.9 Å². The minimum atomic E-state index is -0.412. The molecule has 0 bridgehead atoms. The maximum atomic E-state index is 12.0. The first-order valence-electron chi connectivity index (χ1n) is 7.66. The largest absolute Gasteiger partial charge is 0.484 e. The summed E-state index contributed by atoms with van der Waals surface area (Å²) in [6.45, 7) is 3.67. The average molecular weight is 402 g/mol. The van der Waals surface area contributed by atoms with Gasteiger partial charge in [0.05, 0.1) is 0 Å². The van der Waals surface area contributed by atoms with Crippen molar-refractivity contribution < 1.29 is 13.9 Å². The van der Waals surface area contributed by atoms with Crippen molar-refractivity contribution in [2.24, 2.45) is 0 Å². The Morgan fingerprint density at radius 3 is 2.68 bits per heavy atom. The standard InChI is InChI=1S/C19H16BrNO4/c1-11-3-4-13(8-16(11)20)21-18(22)10-24-14-5-6-15-12(2)7-19(23)25-17(15)9-14/h3-9H,10H2,1-2H3,(H,21,22). The van der Waals surface area contributed by atoms with E-state index in [-0.39, 0.29) is 12.5 Å². The Morgan fingerprint density at radius 1 is 1.12 bits per heavy atom. The van der Waals surface area contributed by atoms with E-state index in [9.17, 15) is 9.59 Å². The van der Waals surface area contributed by atoms with E-state index in [1.54, 1.807) is 18.2 Å². The van der Waals surface area contributed by atoms with Crippen molar-refractivity contribution in [3.8, 4) is 5.75 Å². The summed E-state index contributed by atoms with van der Waals surface area (Å²) in [5.74, 6) is 0.183. The molecule has 0 spiro atoms. The zero-order valence-corrected chi connectivity index (χ0v) is 15.3. The van der Waals surface area contributed by atoms with E-state index in [2.05, 4.69) is 21.2 Å². The SMILES string of the molecule is Cc1ccc(NC(=O)COc2ccc3c(C)cc(=O)oc3c2)cc1Br. The molecule has 0 radical (unpaired) electrons. The number of nitrogens with one attached hydrogen (secondary N) is 1. The van der Waals surface area contributed by atoms with Crippen LogP contribution in [0.25, 0.3) is 11.0 Å². The maximum Gasteiger partial charge on any atom is 0.336 e. The van der Waals surface area contributed by atoms with Crippen LogP contribution in [0.1, 0.15) is 11.1 Å². The fourth-order valence-electron chi connectivity index (χ4n) is 2.41. The molecular weight excluding hydrogens is 386 g/mol. The van der Waals surface area contributed by atoms with Crippen LogP contribution in [0.15, 0.2) is 56.1 Å². The number of hydrogen-bond acceptors (Lipinski definition) is 4. The second kappa shape index (κ2) is 7.11. The molecule has 128 valence electrons. The summed E-state index contributed by atoms with van der Waals surface area (Å²) in [4.78, 5) is 23.5. The lowest BCUT2D eigenvalue weighted by Crippen LogP contribution is -2.20. The first-order valence-corrected chi connectivity index (χ1v) is 8.45. The Balaban J connectivity index is 1.68. The minimum Gasteiger partial charge on any atom is -0.484 e. The first-order chi connectivity index (χ1) is 11.9. The van der Waals surface area contributed by atoms with Gasteiger partial charge in [-0.1, -0.05) is 22.0 Å². The molecule has 0 saturated heterocycles. The fraction of sp³-hybridized carbons (Fsp3) is 0.158. The van der Waals surface area contributed by atoms with Gasteiger partial charge < -0.3 is 14.5 Å². The van der Waals surface area contributed by atoms with Gasteiger partial charge >= 0.3 is 5.63 Å². The van der Waals surface area contributed by atoms with Gasteiger partial charge in [-0.15, -0.1) is 0 Å². The summed E-state index contributed by atoms with van der Waals surface area (Å²) >= 11 is 3.43. The van der Waals surface area contributed by atoms with E-state index in [4.69, 9.17) is 9.15 Å². The molecule has 0 atom stereocenters. The molecule has 3 aromatic rings. The van der Waals surface area contributed by atoms with E-state index >= 15 is 0 Å². The number of anilines is 1. The number of aryl methyl sites for hydroxylation is 2. The second-order valence-corrected chi connectivity index (χ2v) is 6.56. The highest BCUT2D eigenvalue weighted by atomic mass is 79.9. The molecule has 1 heterocycles. The Kier molecular flexibility index (Phi) is 4.90. The molecule has 0 unspecified atom stereocenters. The minimum absolute atomic E-state index is 0.146. The Labute approximate surface area is 152 Å². The fourth-order valence-corrected chi connectivity index (χ4v) is 2.79. The number of rotatable bonds is 4. The predicted molar refractivity (Wildman–Crippen MR) is 100 cm³/mol. The molecule has 1 aromatic heterocycles. The van der Waals surface area contributed by atoms with E-state index in [0.717, 1.165) is 21.0 Å². The van der Waals surface area contributed by atoms with Gasteiger partial charge in [-0.05, 0) is 49.2 Å². The third kappa shape index (κ3) is 4.09. The van der Waals surface area contributed by atoms with Crippen LogP contribution in [0, 0.1) is 13.8 Å². The normalized spacial score (nSPS) is 10.7. The van der Waals surface area contributed by atoms with E-state index in [0.29, 0.717) is 17.0 Å². The van der Waals surface area contributed by atoms with Crippen molar-refractivity contribution in [1.82, 2.24) is 0 Å². The highest BCUT2D eigenvalue weighted by Gasteiger charge is 2.07. The van der Waals surface area contributed by atoms with E-state index in [1.807, 2.05) is 32.0 Å². The van der Waals surface area contributed by atoms with Gasteiger partial charge in [0.1, 0.15) is 11.3 Å². The molecule has 0 aliphatic rings. The molecule has 0 aliphatic carbocycles. The summed E-state index contributed by atoms with van der Waals surface area (Å²) in [5, 5.41) is 3.60. The number of halogens is 1. The molecule has 0 fully saturated rings. The summed E-state index contributed by atoms with van der Waals surface area (Å²) < 4.78 is 11.6. The van der Waals surface area contributed by atoms with Crippen molar-refractivity contribution in [3.05, 3.63) is 68.5 Å². The van der Waals surface area contributed by atoms with Gasteiger partial charge in [0.15, 0.2) is 6.61 Å². The third-order valence-corrected chi connectivity index (χ3v) is 4.60. The van der Waals surface area contributed by atoms with Crippen LogP contribution in [-0.2, 0) is 4.79 Å². The van der Waals surface area contributed by atoms with Crippen molar-refractivity contribution >= 4 is 38.5 Å². The summed E-state index contributed by atoms with van der Waals surface area (Å²) in [6.07, 6.45) is 0. The van der Waals surface area contributed by atoms with Crippen LogP contribution in [-0.4, -0.2) is 12.5 Å². The highest BCUT2D eigenvalue weighted by molar-refractivity contribution is 9.10. The number of ether oxygens (including phenoxy) is 1. The number of amides is 1. The van der Waals surface area contributed by atoms with Crippen molar-refractivity contribution in [2.75, 3.05) is 11.9 Å². The van der Waals surface area contributed by atoms with Gasteiger partial charge in [-0.25, -0.2) is 4.79 Å². The van der Waals surface area contributed by atoms with E-state index in [1.165, 1.54) is 6.07 Å². The summed E-state index contributed by atoms with van der Waals surface area (Å²) in [5.41, 5.74) is 2.63. The van der Waals surface area contributed by atoms with Gasteiger partial charge in [0.25, 0.3) is 5.91 Å². The van der Waals surface area contributed by atoms with Crippen molar-refractivity contribution in [1.29, 1.82) is 0 Å². The first kappa shape index (κ1) is 17.2. The Morgan fingerprint density at radius 2 is 1.92 bits per heavy atom. The number of benzene rings is 2. The van der Waals surface area contributed by atoms with Gasteiger partial charge in [-0.2, -0.15) is 0 Å². The molecule has 3 rings (SSSR count). The predicted octanol–water partition coefficient (Wildman–Crippen LogP) is 4.19. The monoisotopic (exact) mass is 401 g/mol. The Bertz CT molecular complexity index is 1010. The third-order valence-electron chi connectivity index (χ3n) is 3.75. The van der Waals surface area contributed by atoms with Crippen molar-refractivity contribution in [3.63, 3.8) is 0 Å². The quantitative estimate of drug-likeness (QED) is 0.665. The summed E-state index contributed by atoms with van der Waals surface area (Å²) in [6, 6.07) is 12.2. The lowest BCUT2D eigenvalue weighted by Gasteiger charge is -2.09. The number of hydrogen-bond donors (Lipinski definition) is 1. The second-order valence-electron chi connectivity index (χ2n) is 5.71. The highest BCUT2D eigenvalue weighted by Crippen LogP contribution is 2.23. The maximum absolute atomic E-state index is 12.0. The molecule has 1 N–H and O–H groups in total. The van der Waals surface area contributed by atoms with Crippen LogP contribution in [0.3, 0.4) is 0 Å². The number of carbonyl (C=O) groups is 1. The molecule has 6 heteroatoms. The zero-order chi connectivity index (χ0) is 18.0. The molecule has 5 nitrogen and oxygen atoms in total. The van der Waals surface area contributed by atoms with Crippen LogP contribution in [0.5, 0.6) is 5.75 Å². The zero-order valence-electron chi connectivity index (χ0n) is 13.8. The molecule has 25 heavy (non-hydrogen) atoms. The Hall–Kier alpha value is -2.60. The smallest absolute Gasteiger partial charge is 0.336 e. The van der Waals surface area contributed by atoms with Crippen molar-refractivity contribution in [2.45, 2.75) is 13.8 Å². The van der Waals surface area contributed by atoms with Crippen LogP contribution in [0.4, 0.5) is 5.69 Å². The topological polar surface area (TPSA) is 68.5 Å². The lowest BCUT2D eigenvalue weighted by atomic mass is 10.1. The molecule has 2 aromatic carbocycles. The average Bonchev–Trinajstić information content (AvgIpc) is 2.56. The van der Waals surface area contributed by atoms with Crippen LogP contribution in [0.2, 0.25) is 0 Å².